The van der Waals surface area contributed by atoms with Crippen LogP contribution in [0.1, 0.15) is 29.9 Å². The Labute approximate surface area is 163 Å². The molecule has 1 N–H and O–H groups in total. The summed E-state index contributed by atoms with van der Waals surface area (Å²) in [5.41, 5.74) is 1.17. The summed E-state index contributed by atoms with van der Waals surface area (Å²) in [6.45, 7) is 2.40. The molecule has 146 valence electrons. The van der Waals surface area contributed by atoms with Gasteiger partial charge < -0.3 is 18.8 Å². The summed E-state index contributed by atoms with van der Waals surface area (Å²) >= 11 is 0. The first-order chi connectivity index (χ1) is 13.6. The molecule has 1 aliphatic heterocycles. The first-order valence-electron chi connectivity index (χ1n) is 9.57. The van der Waals surface area contributed by atoms with E-state index in [0.717, 1.165) is 18.4 Å². The predicted octanol–water partition coefficient (Wildman–Crippen LogP) is 3.38. The first kappa shape index (κ1) is 18.5. The maximum absolute atomic E-state index is 13.1. The van der Waals surface area contributed by atoms with Crippen LogP contribution in [-0.2, 0) is 17.6 Å². The third-order valence-electron chi connectivity index (χ3n) is 5.51. The van der Waals surface area contributed by atoms with Gasteiger partial charge in [-0.3, -0.25) is 4.79 Å². The molecule has 0 aliphatic carbocycles. The van der Waals surface area contributed by atoms with Gasteiger partial charge in [0.25, 0.3) is 5.89 Å². The molecule has 1 saturated heterocycles. The molecule has 1 atom stereocenters. The highest BCUT2D eigenvalue weighted by Crippen LogP contribution is 2.33. The summed E-state index contributed by atoms with van der Waals surface area (Å²) in [6.07, 6.45) is 4.02. The molecule has 1 aliphatic rings. The maximum Gasteiger partial charge on any atom is 0.263 e. The second-order valence-corrected chi connectivity index (χ2v) is 7.37. The highest BCUT2D eigenvalue weighted by atomic mass is 16.4. The van der Waals surface area contributed by atoms with Crippen LogP contribution in [-0.4, -0.2) is 39.6 Å². The summed E-state index contributed by atoms with van der Waals surface area (Å²) in [7, 11) is 0. The van der Waals surface area contributed by atoms with E-state index < -0.39 is 5.54 Å². The molecular formula is C22H24N2O4. The minimum Gasteiger partial charge on any atom is -0.459 e. The van der Waals surface area contributed by atoms with Gasteiger partial charge in [0.2, 0.25) is 5.91 Å². The van der Waals surface area contributed by atoms with Crippen LogP contribution in [0.3, 0.4) is 0 Å². The van der Waals surface area contributed by atoms with Gasteiger partial charge in [-0.25, -0.2) is 4.98 Å². The van der Waals surface area contributed by atoms with E-state index >= 15 is 0 Å². The number of amides is 1. The molecule has 1 unspecified atom stereocenters. The van der Waals surface area contributed by atoms with Crippen LogP contribution >= 0.6 is 0 Å². The number of benzene rings is 1. The van der Waals surface area contributed by atoms with E-state index in [4.69, 9.17) is 8.83 Å². The molecule has 4 rings (SSSR count). The van der Waals surface area contributed by atoms with Gasteiger partial charge in [-0.2, -0.15) is 0 Å². The number of oxazole rings is 1. The summed E-state index contributed by atoms with van der Waals surface area (Å²) in [6, 6.07) is 13.5. The number of aryl methyl sites for hydroxylation is 1. The Morgan fingerprint density at radius 2 is 2.07 bits per heavy atom. The molecular weight excluding hydrogens is 356 g/mol. The van der Waals surface area contributed by atoms with Crippen LogP contribution in [0.2, 0.25) is 0 Å². The van der Waals surface area contributed by atoms with Crippen LogP contribution in [0.4, 0.5) is 0 Å². The molecule has 0 spiro atoms. The van der Waals surface area contributed by atoms with Gasteiger partial charge in [0.15, 0.2) is 5.76 Å². The average molecular weight is 380 g/mol. The molecule has 0 saturated carbocycles. The Morgan fingerprint density at radius 1 is 1.25 bits per heavy atom. The zero-order chi connectivity index (χ0) is 19.6. The fraction of sp³-hybridized carbons (Fsp3) is 0.364. The summed E-state index contributed by atoms with van der Waals surface area (Å²) in [4.78, 5) is 19.4. The number of aliphatic hydroxyl groups excluding tert-OH is 1. The lowest BCUT2D eigenvalue weighted by Gasteiger charge is -2.37. The Balaban J connectivity index is 1.53. The topological polar surface area (TPSA) is 79.7 Å². The second-order valence-electron chi connectivity index (χ2n) is 7.37. The van der Waals surface area contributed by atoms with Crippen molar-refractivity contribution in [2.24, 2.45) is 0 Å². The van der Waals surface area contributed by atoms with Gasteiger partial charge in [-0.05, 0) is 43.9 Å². The normalized spacial score (nSPS) is 19.3. The largest absolute Gasteiger partial charge is 0.459 e. The number of carbonyl (C=O) groups excluding carboxylic acids is 1. The molecule has 1 amide bonds. The van der Waals surface area contributed by atoms with Crippen molar-refractivity contribution in [3.63, 3.8) is 0 Å². The molecule has 3 aromatic rings. The molecule has 6 heteroatoms. The molecule has 1 fully saturated rings. The molecule has 2 aromatic heterocycles. The lowest BCUT2D eigenvalue weighted by atomic mass is 9.88. The van der Waals surface area contributed by atoms with Crippen LogP contribution in [0, 0.1) is 6.92 Å². The summed E-state index contributed by atoms with van der Waals surface area (Å²) < 4.78 is 11.0. The Bertz CT molecular complexity index is 933. The number of hydrogen-bond donors (Lipinski definition) is 1. The molecule has 3 heterocycles. The van der Waals surface area contributed by atoms with E-state index in [9.17, 15) is 9.90 Å². The fourth-order valence-corrected chi connectivity index (χ4v) is 4.04. The van der Waals surface area contributed by atoms with Crippen molar-refractivity contribution >= 4 is 5.91 Å². The van der Waals surface area contributed by atoms with E-state index in [1.165, 1.54) is 0 Å². The number of furan rings is 1. The number of hydrogen-bond acceptors (Lipinski definition) is 5. The van der Waals surface area contributed by atoms with E-state index in [1.54, 1.807) is 25.3 Å². The van der Waals surface area contributed by atoms with Crippen molar-refractivity contribution in [2.75, 3.05) is 13.2 Å². The van der Waals surface area contributed by atoms with E-state index in [0.29, 0.717) is 36.1 Å². The standard InChI is InChI=1S/C22H24N2O4/c1-16-18(23-21(28-16)19-9-5-12-27-19)13-20(26)24-11-6-10-22(24,15-25)14-17-7-3-2-4-8-17/h2-5,7-9,12,25H,6,10-11,13-15H2,1H3. The van der Waals surface area contributed by atoms with Crippen LogP contribution in [0.15, 0.2) is 57.6 Å². The smallest absolute Gasteiger partial charge is 0.263 e. The second kappa shape index (κ2) is 7.64. The van der Waals surface area contributed by atoms with Gasteiger partial charge in [-0.15, -0.1) is 0 Å². The maximum atomic E-state index is 13.1. The predicted molar refractivity (Wildman–Crippen MR) is 104 cm³/mol. The third kappa shape index (κ3) is 3.47. The highest BCUT2D eigenvalue weighted by Gasteiger charge is 2.43. The molecule has 1 aromatic carbocycles. The number of aromatic nitrogens is 1. The quantitative estimate of drug-likeness (QED) is 0.709. The minimum atomic E-state index is -0.556. The van der Waals surface area contributed by atoms with Crippen LogP contribution < -0.4 is 0 Å². The SMILES string of the molecule is Cc1oc(-c2ccco2)nc1CC(=O)N1CCCC1(CO)Cc1ccccc1. The number of carbonyl (C=O) groups is 1. The van der Waals surface area contributed by atoms with Gasteiger partial charge in [0.1, 0.15) is 5.76 Å². The Hall–Kier alpha value is -2.86. The van der Waals surface area contributed by atoms with Gasteiger partial charge in [0, 0.05) is 6.54 Å². The van der Waals surface area contributed by atoms with E-state index in [1.807, 2.05) is 35.2 Å². The highest BCUT2D eigenvalue weighted by molar-refractivity contribution is 5.80. The number of aliphatic hydroxyl groups is 1. The van der Waals surface area contributed by atoms with Crippen molar-refractivity contribution in [1.29, 1.82) is 0 Å². The van der Waals surface area contributed by atoms with E-state index in [2.05, 4.69) is 4.98 Å². The zero-order valence-corrected chi connectivity index (χ0v) is 15.9. The summed E-state index contributed by atoms with van der Waals surface area (Å²) in [5.74, 6) is 1.49. The molecule has 0 radical (unpaired) electrons. The monoisotopic (exact) mass is 380 g/mol. The Morgan fingerprint density at radius 3 is 2.79 bits per heavy atom. The van der Waals surface area contributed by atoms with Crippen LogP contribution in [0.5, 0.6) is 0 Å². The molecule has 6 nitrogen and oxygen atoms in total. The zero-order valence-electron chi connectivity index (χ0n) is 15.9. The fourth-order valence-electron chi connectivity index (χ4n) is 4.04. The molecule has 28 heavy (non-hydrogen) atoms. The average Bonchev–Trinajstić information content (AvgIpc) is 3.44. The number of rotatable bonds is 6. The first-order valence-corrected chi connectivity index (χ1v) is 9.57. The minimum absolute atomic E-state index is 0.0372. The van der Waals surface area contributed by atoms with Gasteiger partial charge >= 0.3 is 0 Å². The van der Waals surface area contributed by atoms with Crippen molar-refractivity contribution < 1.29 is 18.7 Å². The number of likely N-dealkylation sites (tertiary alicyclic amines) is 1. The number of nitrogens with zero attached hydrogens (tertiary/aromatic N) is 2. The molecule has 0 bridgehead atoms. The van der Waals surface area contributed by atoms with Crippen molar-refractivity contribution in [3.05, 3.63) is 65.7 Å². The summed E-state index contributed by atoms with van der Waals surface area (Å²) in [5, 5.41) is 10.2. The van der Waals surface area contributed by atoms with Crippen molar-refractivity contribution in [2.45, 2.75) is 38.1 Å². The van der Waals surface area contributed by atoms with Crippen molar-refractivity contribution in [1.82, 2.24) is 9.88 Å². The van der Waals surface area contributed by atoms with Crippen LogP contribution in [0.25, 0.3) is 11.7 Å². The lowest BCUT2D eigenvalue weighted by Crippen LogP contribution is -2.52. The van der Waals surface area contributed by atoms with Gasteiger partial charge in [-0.1, -0.05) is 30.3 Å². The third-order valence-corrected chi connectivity index (χ3v) is 5.51. The lowest BCUT2D eigenvalue weighted by molar-refractivity contribution is -0.136. The van der Waals surface area contributed by atoms with Gasteiger partial charge in [0.05, 0.1) is 30.5 Å². The van der Waals surface area contributed by atoms with E-state index in [-0.39, 0.29) is 18.9 Å². The van der Waals surface area contributed by atoms with Crippen molar-refractivity contribution in [3.8, 4) is 11.7 Å². The Kier molecular flexibility index (Phi) is 5.05.